The average Bonchev–Trinajstić information content (AvgIpc) is 2.50. The fourth-order valence-corrected chi connectivity index (χ4v) is 2.91. The molecule has 1 rings (SSSR count). The van der Waals surface area contributed by atoms with Crippen LogP contribution >= 0.6 is 23.4 Å². The first-order valence-corrected chi connectivity index (χ1v) is 8.74. The van der Waals surface area contributed by atoms with Crippen molar-refractivity contribution in [3.63, 3.8) is 0 Å². The van der Waals surface area contributed by atoms with Crippen molar-refractivity contribution >= 4 is 35.2 Å². The lowest BCUT2D eigenvalue weighted by Gasteiger charge is -2.23. The van der Waals surface area contributed by atoms with Crippen LogP contribution in [0.1, 0.15) is 20.3 Å². The molecule has 2 amide bonds. The molecule has 0 bridgehead atoms. The Kier molecular flexibility index (Phi) is 8.35. The molecule has 0 atom stereocenters. The van der Waals surface area contributed by atoms with Crippen molar-refractivity contribution in [2.75, 3.05) is 32.4 Å². The maximum atomic E-state index is 12.0. The minimum Gasteiger partial charge on any atom is -0.342 e. The normalized spacial score (nSPS) is 10.4. The van der Waals surface area contributed by atoms with Crippen molar-refractivity contribution in [2.24, 2.45) is 0 Å². The third-order valence-corrected chi connectivity index (χ3v) is 4.58. The lowest BCUT2D eigenvalue weighted by Crippen LogP contribution is -2.41. The van der Waals surface area contributed by atoms with E-state index in [0.717, 1.165) is 4.90 Å². The Morgan fingerprint density at radius 3 is 2.23 bits per heavy atom. The summed E-state index contributed by atoms with van der Waals surface area (Å²) in [5.41, 5.74) is 0. The molecular weight excluding hydrogens is 320 g/mol. The van der Waals surface area contributed by atoms with Crippen molar-refractivity contribution in [3.8, 4) is 0 Å². The van der Waals surface area contributed by atoms with Crippen molar-refractivity contribution in [1.29, 1.82) is 0 Å². The van der Waals surface area contributed by atoms with E-state index in [1.165, 1.54) is 4.90 Å². The highest BCUT2D eigenvalue weighted by Gasteiger charge is 2.16. The highest BCUT2D eigenvalue weighted by Crippen LogP contribution is 2.21. The van der Waals surface area contributed by atoms with Gasteiger partial charge in [0.05, 0.1) is 6.54 Å². The van der Waals surface area contributed by atoms with E-state index >= 15 is 0 Å². The van der Waals surface area contributed by atoms with Crippen LogP contribution in [0.3, 0.4) is 0 Å². The minimum atomic E-state index is -0.0121. The van der Waals surface area contributed by atoms with Gasteiger partial charge in [-0.3, -0.25) is 9.59 Å². The fraction of sp³-hybridized carbons (Fsp3) is 0.500. The van der Waals surface area contributed by atoms with E-state index < -0.39 is 0 Å². The molecule has 1 aromatic rings. The number of nitrogens with zero attached hydrogens (tertiary/aromatic N) is 2. The van der Waals surface area contributed by atoms with Crippen LogP contribution in [0.2, 0.25) is 5.02 Å². The SMILES string of the molecule is CCN(CC)C(=O)CN(C)C(=O)CCSc1ccc(Cl)cc1. The molecule has 0 unspecified atom stereocenters. The summed E-state index contributed by atoms with van der Waals surface area (Å²) < 4.78 is 0. The summed E-state index contributed by atoms with van der Waals surface area (Å²) in [6, 6.07) is 7.54. The standard InChI is InChI=1S/C16H23ClN2O2S/c1-4-19(5-2)16(21)12-18(3)15(20)10-11-22-14-8-6-13(17)7-9-14/h6-9H,4-5,10-12H2,1-3H3. The van der Waals surface area contributed by atoms with Crippen LogP contribution in [0.4, 0.5) is 0 Å². The summed E-state index contributed by atoms with van der Waals surface area (Å²) >= 11 is 7.44. The van der Waals surface area contributed by atoms with Crippen LogP contribution in [0.5, 0.6) is 0 Å². The number of hydrogen-bond acceptors (Lipinski definition) is 3. The van der Waals surface area contributed by atoms with Gasteiger partial charge >= 0.3 is 0 Å². The van der Waals surface area contributed by atoms with Crippen LogP contribution in [-0.4, -0.2) is 54.0 Å². The van der Waals surface area contributed by atoms with Crippen molar-refractivity contribution in [1.82, 2.24) is 9.80 Å². The zero-order valence-corrected chi connectivity index (χ0v) is 14.9. The van der Waals surface area contributed by atoms with Gasteiger partial charge in [0.25, 0.3) is 0 Å². The molecule has 0 aromatic heterocycles. The Morgan fingerprint density at radius 2 is 1.68 bits per heavy atom. The van der Waals surface area contributed by atoms with E-state index in [-0.39, 0.29) is 18.4 Å². The van der Waals surface area contributed by atoms with Crippen molar-refractivity contribution in [3.05, 3.63) is 29.3 Å². The summed E-state index contributed by atoms with van der Waals surface area (Å²) in [5.74, 6) is 0.665. The van der Waals surface area contributed by atoms with Crippen LogP contribution in [-0.2, 0) is 9.59 Å². The Bertz CT molecular complexity index is 489. The molecule has 0 aliphatic heterocycles. The van der Waals surface area contributed by atoms with E-state index in [4.69, 9.17) is 11.6 Å². The van der Waals surface area contributed by atoms with Crippen molar-refractivity contribution < 1.29 is 9.59 Å². The lowest BCUT2D eigenvalue weighted by molar-refractivity contribution is -0.138. The van der Waals surface area contributed by atoms with E-state index in [1.54, 1.807) is 23.7 Å². The predicted molar refractivity (Wildman–Crippen MR) is 92.4 cm³/mol. The molecule has 0 saturated carbocycles. The van der Waals surface area contributed by atoms with E-state index in [1.807, 2.05) is 38.1 Å². The van der Waals surface area contributed by atoms with Gasteiger partial charge in [0.2, 0.25) is 11.8 Å². The van der Waals surface area contributed by atoms with Gasteiger partial charge in [-0.15, -0.1) is 11.8 Å². The number of amides is 2. The number of thioether (sulfide) groups is 1. The highest BCUT2D eigenvalue weighted by molar-refractivity contribution is 7.99. The van der Waals surface area contributed by atoms with Crippen LogP contribution in [0.15, 0.2) is 29.2 Å². The topological polar surface area (TPSA) is 40.6 Å². The molecule has 0 N–H and O–H groups in total. The van der Waals surface area contributed by atoms with E-state index in [9.17, 15) is 9.59 Å². The summed E-state index contributed by atoms with van der Waals surface area (Å²) in [6.45, 7) is 5.36. The Labute approximate surface area is 141 Å². The molecule has 1 aromatic carbocycles. The zero-order valence-electron chi connectivity index (χ0n) is 13.3. The van der Waals surface area contributed by atoms with Gasteiger partial charge in [-0.2, -0.15) is 0 Å². The second-order valence-corrected chi connectivity index (χ2v) is 6.47. The number of carbonyl (C=O) groups is 2. The molecule has 0 saturated heterocycles. The molecule has 0 radical (unpaired) electrons. The lowest BCUT2D eigenvalue weighted by atomic mass is 10.3. The van der Waals surface area contributed by atoms with Gasteiger partial charge in [-0.25, -0.2) is 0 Å². The molecule has 0 fully saturated rings. The summed E-state index contributed by atoms with van der Waals surface area (Å²) in [7, 11) is 1.68. The third-order valence-electron chi connectivity index (χ3n) is 3.31. The summed E-state index contributed by atoms with van der Waals surface area (Å²) in [5, 5.41) is 0.704. The van der Waals surface area contributed by atoms with Crippen LogP contribution in [0, 0.1) is 0 Å². The van der Waals surface area contributed by atoms with Gasteiger partial charge in [0.1, 0.15) is 0 Å². The summed E-state index contributed by atoms with van der Waals surface area (Å²) in [6.07, 6.45) is 0.412. The van der Waals surface area contributed by atoms with Gasteiger partial charge in [-0.05, 0) is 38.1 Å². The van der Waals surface area contributed by atoms with Crippen LogP contribution < -0.4 is 0 Å². The summed E-state index contributed by atoms with van der Waals surface area (Å²) in [4.78, 5) is 28.3. The largest absolute Gasteiger partial charge is 0.342 e. The number of likely N-dealkylation sites (N-methyl/N-ethyl adjacent to an activating group) is 2. The molecule has 122 valence electrons. The molecule has 0 spiro atoms. The maximum absolute atomic E-state index is 12.0. The fourth-order valence-electron chi connectivity index (χ4n) is 1.95. The third kappa shape index (κ3) is 6.28. The molecule has 4 nitrogen and oxygen atoms in total. The Balaban J connectivity index is 2.35. The quantitative estimate of drug-likeness (QED) is 0.681. The minimum absolute atomic E-state index is 0.00814. The molecular formula is C16H23ClN2O2S. The second-order valence-electron chi connectivity index (χ2n) is 4.87. The van der Waals surface area contributed by atoms with Crippen LogP contribution in [0.25, 0.3) is 0 Å². The number of rotatable bonds is 8. The maximum Gasteiger partial charge on any atom is 0.242 e. The first-order valence-electron chi connectivity index (χ1n) is 7.38. The number of benzene rings is 1. The highest BCUT2D eigenvalue weighted by atomic mass is 35.5. The van der Waals surface area contributed by atoms with E-state index in [0.29, 0.717) is 30.3 Å². The van der Waals surface area contributed by atoms with Gasteiger partial charge in [0.15, 0.2) is 0 Å². The monoisotopic (exact) mass is 342 g/mol. The van der Waals surface area contributed by atoms with Gasteiger partial charge < -0.3 is 9.80 Å². The first-order chi connectivity index (χ1) is 10.5. The number of carbonyl (C=O) groups excluding carboxylic acids is 2. The van der Waals surface area contributed by atoms with E-state index in [2.05, 4.69) is 0 Å². The number of hydrogen-bond donors (Lipinski definition) is 0. The molecule has 0 aliphatic carbocycles. The average molecular weight is 343 g/mol. The van der Waals surface area contributed by atoms with Gasteiger partial charge in [0, 0.05) is 42.2 Å². The Morgan fingerprint density at radius 1 is 1.09 bits per heavy atom. The second kappa shape index (κ2) is 9.74. The first kappa shape index (κ1) is 18.8. The smallest absolute Gasteiger partial charge is 0.242 e. The molecule has 0 heterocycles. The Hall–Kier alpha value is -1.20. The van der Waals surface area contributed by atoms with Gasteiger partial charge in [-0.1, -0.05) is 11.6 Å². The van der Waals surface area contributed by atoms with Crippen molar-refractivity contribution in [2.45, 2.75) is 25.2 Å². The molecule has 6 heteroatoms. The predicted octanol–water partition coefficient (Wildman–Crippen LogP) is 3.15. The molecule has 0 aliphatic rings. The number of halogens is 1. The zero-order chi connectivity index (χ0) is 16.5. The molecule has 22 heavy (non-hydrogen) atoms.